The van der Waals surface area contributed by atoms with Crippen molar-refractivity contribution in [2.45, 2.75) is 63.0 Å². The fraction of sp³-hybridized carbons (Fsp3) is 0.619. The summed E-state index contributed by atoms with van der Waals surface area (Å²) in [6.07, 6.45) is 5.88. The maximum absolute atomic E-state index is 12.6. The van der Waals surface area contributed by atoms with Crippen molar-refractivity contribution in [3.8, 4) is 11.5 Å². The number of rotatable bonds is 4. The Hall–Kier alpha value is -2.09. The summed E-state index contributed by atoms with van der Waals surface area (Å²) >= 11 is 0. The second kappa shape index (κ2) is 7.31. The number of ketones is 1. The molecular weight excluding hydrogens is 394 g/mol. The highest BCUT2D eigenvalue weighted by molar-refractivity contribution is 7.91. The van der Waals surface area contributed by atoms with Crippen LogP contribution >= 0.6 is 0 Å². The summed E-state index contributed by atoms with van der Waals surface area (Å²) in [6.45, 7) is 1.50. The van der Waals surface area contributed by atoms with Crippen LogP contribution < -0.4 is 14.8 Å². The highest BCUT2D eigenvalue weighted by Gasteiger charge is 2.42. The van der Waals surface area contributed by atoms with Crippen LogP contribution in [-0.2, 0) is 14.6 Å². The predicted octanol–water partition coefficient (Wildman–Crippen LogP) is 2.43. The summed E-state index contributed by atoms with van der Waals surface area (Å²) in [5.74, 6) is 0.722. The molecule has 1 amide bonds. The van der Waals surface area contributed by atoms with Crippen LogP contribution in [0.1, 0.15) is 62.2 Å². The molecule has 2 heterocycles. The maximum atomic E-state index is 12.6. The normalized spacial score (nSPS) is 27.1. The van der Waals surface area contributed by atoms with Gasteiger partial charge in [-0.2, -0.15) is 0 Å². The number of nitrogens with one attached hydrogen (secondary N) is 1. The summed E-state index contributed by atoms with van der Waals surface area (Å²) in [6, 6.07) is 5.02. The fourth-order valence-electron chi connectivity index (χ4n) is 4.67. The molecule has 4 rings (SSSR count). The standard InChI is InChI=1S/C21H27NO6S/c1-20(9-10-29(25,26)14-20)22-19(24)13-27-15-5-6-16-17(23)12-21(28-18(16)11-15)7-3-2-4-8-21/h5-6,11H,2-4,7-10,12-14H2,1H3,(H,22,24)/t20-/m0/s1. The van der Waals surface area contributed by atoms with Gasteiger partial charge in [-0.25, -0.2) is 8.42 Å². The molecular formula is C21H27NO6S. The number of amides is 1. The molecule has 29 heavy (non-hydrogen) atoms. The van der Waals surface area contributed by atoms with Gasteiger partial charge in [0.05, 0.1) is 29.0 Å². The van der Waals surface area contributed by atoms with E-state index in [4.69, 9.17) is 9.47 Å². The number of benzene rings is 1. The van der Waals surface area contributed by atoms with Crippen molar-refractivity contribution in [3.63, 3.8) is 0 Å². The lowest BCUT2D eigenvalue weighted by Crippen LogP contribution is -2.48. The fourth-order valence-corrected chi connectivity index (χ4v) is 6.76. The highest BCUT2D eigenvalue weighted by Crippen LogP contribution is 2.42. The monoisotopic (exact) mass is 421 g/mol. The first-order chi connectivity index (χ1) is 13.7. The van der Waals surface area contributed by atoms with Gasteiger partial charge in [0.15, 0.2) is 22.2 Å². The van der Waals surface area contributed by atoms with Gasteiger partial charge in [-0.1, -0.05) is 6.42 Å². The Morgan fingerprint density at radius 1 is 1.21 bits per heavy atom. The number of carbonyl (C=O) groups is 2. The molecule has 0 aromatic heterocycles. The number of hydrogen-bond acceptors (Lipinski definition) is 6. The van der Waals surface area contributed by atoms with Gasteiger partial charge in [0, 0.05) is 6.07 Å². The van der Waals surface area contributed by atoms with Crippen LogP contribution in [0.2, 0.25) is 0 Å². The second-order valence-electron chi connectivity index (χ2n) is 8.84. The van der Waals surface area contributed by atoms with Gasteiger partial charge in [0.25, 0.3) is 5.91 Å². The number of hydrogen-bond donors (Lipinski definition) is 1. The van der Waals surface area contributed by atoms with E-state index in [-0.39, 0.29) is 29.8 Å². The molecule has 158 valence electrons. The van der Waals surface area contributed by atoms with Crippen LogP contribution in [0.3, 0.4) is 0 Å². The maximum Gasteiger partial charge on any atom is 0.258 e. The highest BCUT2D eigenvalue weighted by atomic mass is 32.2. The molecule has 2 aliphatic heterocycles. The zero-order valence-electron chi connectivity index (χ0n) is 16.7. The Bertz CT molecular complexity index is 934. The Kier molecular flexibility index (Phi) is 5.09. The van der Waals surface area contributed by atoms with Gasteiger partial charge in [-0.05, 0) is 51.2 Å². The first-order valence-electron chi connectivity index (χ1n) is 10.2. The van der Waals surface area contributed by atoms with E-state index in [0.29, 0.717) is 29.9 Å². The third-order valence-electron chi connectivity index (χ3n) is 6.14. The van der Waals surface area contributed by atoms with Gasteiger partial charge in [0.1, 0.15) is 17.1 Å². The molecule has 1 saturated heterocycles. The van der Waals surface area contributed by atoms with Crippen LogP contribution in [0.5, 0.6) is 11.5 Å². The quantitative estimate of drug-likeness (QED) is 0.802. The average molecular weight is 422 g/mol. The van der Waals surface area contributed by atoms with E-state index < -0.39 is 21.0 Å². The van der Waals surface area contributed by atoms with E-state index in [1.807, 2.05) is 0 Å². The number of ether oxygens (including phenoxy) is 2. The summed E-state index contributed by atoms with van der Waals surface area (Å²) in [5, 5.41) is 2.77. The van der Waals surface area contributed by atoms with E-state index in [1.165, 1.54) is 6.42 Å². The first-order valence-corrected chi connectivity index (χ1v) is 12.0. The van der Waals surface area contributed by atoms with Gasteiger partial charge in [-0.3, -0.25) is 9.59 Å². The first kappa shape index (κ1) is 20.2. The third-order valence-corrected chi connectivity index (χ3v) is 8.05. The minimum absolute atomic E-state index is 0.0530. The van der Waals surface area contributed by atoms with Crippen LogP contribution in [0.25, 0.3) is 0 Å². The van der Waals surface area contributed by atoms with Crippen molar-refractivity contribution in [2.24, 2.45) is 0 Å². The van der Waals surface area contributed by atoms with Crippen molar-refractivity contribution in [1.82, 2.24) is 5.32 Å². The third kappa shape index (κ3) is 4.42. The molecule has 0 unspecified atom stereocenters. The van der Waals surface area contributed by atoms with E-state index >= 15 is 0 Å². The number of Topliss-reactive ketones (excluding diaryl/α,β-unsaturated/α-hetero) is 1. The lowest BCUT2D eigenvalue weighted by atomic mass is 9.78. The molecule has 0 radical (unpaired) electrons. The van der Waals surface area contributed by atoms with E-state index in [0.717, 1.165) is 25.7 Å². The number of carbonyl (C=O) groups excluding carboxylic acids is 2. The molecule has 7 nitrogen and oxygen atoms in total. The van der Waals surface area contributed by atoms with Crippen LogP contribution in [0, 0.1) is 0 Å². The van der Waals surface area contributed by atoms with Crippen molar-refractivity contribution >= 4 is 21.5 Å². The molecule has 1 aromatic rings. The van der Waals surface area contributed by atoms with Crippen molar-refractivity contribution < 1.29 is 27.5 Å². The lowest BCUT2D eigenvalue weighted by molar-refractivity contribution is -0.124. The largest absolute Gasteiger partial charge is 0.486 e. The topological polar surface area (TPSA) is 98.8 Å². The average Bonchev–Trinajstić information content (AvgIpc) is 2.93. The molecule has 1 aliphatic carbocycles. The Balaban J connectivity index is 1.40. The summed E-state index contributed by atoms with van der Waals surface area (Å²) < 4.78 is 35.2. The van der Waals surface area contributed by atoms with Crippen LogP contribution in [-0.4, -0.2) is 49.4 Å². The molecule has 1 N–H and O–H groups in total. The van der Waals surface area contributed by atoms with Gasteiger partial charge in [-0.15, -0.1) is 0 Å². The van der Waals surface area contributed by atoms with Crippen LogP contribution in [0.15, 0.2) is 18.2 Å². The molecule has 1 aromatic carbocycles. The van der Waals surface area contributed by atoms with Crippen molar-refractivity contribution in [3.05, 3.63) is 23.8 Å². The molecule has 8 heteroatoms. The molecule has 1 spiro atoms. The zero-order valence-corrected chi connectivity index (χ0v) is 17.5. The SMILES string of the molecule is C[C@]1(NC(=O)COc2ccc3c(c2)OC2(CCCCC2)CC3=O)CCS(=O)(=O)C1. The predicted molar refractivity (Wildman–Crippen MR) is 107 cm³/mol. The number of fused-ring (bicyclic) bond motifs is 1. The second-order valence-corrected chi connectivity index (χ2v) is 11.0. The van der Waals surface area contributed by atoms with Gasteiger partial charge in [0.2, 0.25) is 0 Å². The van der Waals surface area contributed by atoms with E-state index in [1.54, 1.807) is 25.1 Å². The smallest absolute Gasteiger partial charge is 0.258 e. The van der Waals surface area contributed by atoms with Crippen LogP contribution in [0.4, 0.5) is 0 Å². The molecule has 3 aliphatic rings. The zero-order chi connectivity index (χ0) is 20.7. The minimum Gasteiger partial charge on any atom is -0.486 e. The van der Waals surface area contributed by atoms with E-state index in [9.17, 15) is 18.0 Å². The molecule has 2 fully saturated rings. The summed E-state index contributed by atoms with van der Waals surface area (Å²) in [5.41, 5.74) is -0.597. The van der Waals surface area contributed by atoms with Gasteiger partial charge < -0.3 is 14.8 Å². The Labute approximate surface area is 171 Å². The summed E-state index contributed by atoms with van der Waals surface area (Å²) in [4.78, 5) is 24.8. The van der Waals surface area contributed by atoms with Gasteiger partial charge >= 0.3 is 0 Å². The lowest BCUT2D eigenvalue weighted by Gasteiger charge is -2.40. The minimum atomic E-state index is -3.10. The number of sulfone groups is 1. The van der Waals surface area contributed by atoms with E-state index in [2.05, 4.69) is 5.32 Å². The van der Waals surface area contributed by atoms with Crippen molar-refractivity contribution in [2.75, 3.05) is 18.1 Å². The van der Waals surface area contributed by atoms with Crippen molar-refractivity contribution in [1.29, 1.82) is 0 Å². The molecule has 0 bridgehead atoms. The molecule has 1 saturated carbocycles. The Morgan fingerprint density at radius 3 is 2.66 bits per heavy atom. The summed E-state index contributed by atoms with van der Waals surface area (Å²) in [7, 11) is -3.10. The molecule has 1 atom stereocenters. The Morgan fingerprint density at radius 2 is 1.97 bits per heavy atom.